The van der Waals surface area contributed by atoms with Crippen molar-refractivity contribution >= 4 is 11.9 Å². The Hall–Kier alpha value is -2.09. The molecular weight excluding hydrogens is 313 g/mol. The second kappa shape index (κ2) is 10.6. The van der Waals surface area contributed by atoms with Gasteiger partial charge in [0.15, 0.2) is 0 Å². The summed E-state index contributed by atoms with van der Waals surface area (Å²) in [6.07, 6.45) is -2.25. The van der Waals surface area contributed by atoms with Crippen LogP contribution in [-0.2, 0) is 16.1 Å². The summed E-state index contributed by atoms with van der Waals surface area (Å²) in [5.41, 5.74) is 6.85. The van der Waals surface area contributed by atoms with E-state index in [1.54, 1.807) is 0 Å². The third-order valence-electron chi connectivity index (χ3n) is 2.76. The zero-order valence-electron chi connectivity index (χ0n) is 12.8. The molecule has 0 bridgehead atoms. The fourth-order valence-electron chi connectivity index (χ4n) is 1.47. The Balaban J connectivity index is 0.000000585. The van der Waals surface area contributed by atoms with E-state index < -0.39 is 12.1 Å². The number of hydrogen-bond donors (Lipinski definition) is 3. The molecule has 8 heteroatoms. The SMILES string of the molecule is CCCC[C@H](N)C(=O)NCc1ccccc1.O=C(O)C(F)(F)F. The normalized spacial score (nSPS) is 11.9. The summed E-state index contributed by atoms with van der Waals surface area (Å²) in [7, 11) is 0. The number of alkyl halides is 3. The zero-order chi connectivity index (χ0) is 17.9. The van der Waals surface area contributed by atoms with E-state index in [0.717, 1.165) is 24.8 Å². The van der Waals surface area contributed by atoms with E-state index in [0.29, 0.717) is 6.54 Å². The average Bonchev–Trinajstić information content (AvgIpc) is 2.50. The van der Waals surface area contributed by atoms with E-state index in [4.69, 9.17) is 15.6 Å². The molecule has 0 heterocycles. The Morgan fingerprint density at radius 3 is 2.22 bits per heavy atom. The van der Waals surface area contributed by atoms with Gasteiger partial charge in [-0.15, -0.1) is 0 Å². The van der Waals surface area contributed by atoms with Crippen LogP contribution in [0.2, 0.25) is 0 Å². The molecule has 1 amide bonds. The minimum atomic E-state index is -5.08. The van der Waals surface area contributed by atoms with Crippen LogP contribution in [0.1, 0.15) is 31.7 Å². The predicted octanol–water partition coefficient (Wildman–Crippen LogP) is 2.45. The van der Waals surface area contributed by atoms with Crippen LogP contribution in [0.3, 0.4) is 0 Å². The third-order valence-corrected chi connectivity index (χ3v) is 2.76. The van der Waals surface area contributed by atoms with Crippen molar-refractivity contribution in [3.63, 3.8) is 0 Å². The second-order valence-corrected chi connectivity index (χ2v) is 4.76. The summed E-state index contributed by atoms with van der Waals surface area (Å²) in [6.45, 7) is 2.65. The number of carboxylic acids is 1. The Morgan fingerprint density at radius 2 is 1.78 bits per heavy atom. The monoisotopic (exact) mass is 334 g/mol. The number of carbonyl (C=O) groups excluding carboxylic acids is 1. The predicted molar refractivity (Wildman–Crippen MR) is 79.5 cm³/mol. The van der Waals surface area contributed by atoms with Crippen LogP contribution in [-0.4, -0.2) is 29.2 Å². The first kappa shape index (κ1) is 20.9. The van der Waals surface area contributed by atoms with Crippen LogP contribution in [0.15, 0.2) is 30.3 Å². The molecule has 1 rings (SSSR count). The van der Waals surface area contributed by atoms with Crippen LogP contribution in [0, 0.1) is 0 Å². The van der Waals surface area contributed by atoms with Crippen molar-refractivity contribution in [2.24, 2.45) is 5.73 Å². The van der Waals surface area contributed by atoms with Gasteiger partial charge in [0.1, 0.15) is 0 Å². The number of nitrogens with one attached hydrogen (secondary N) is 1. The molecule has 0 aliphatic heterocycles. The summed E-state index contributed by atoms with van der Waals surface area (Å²) >= 11 is 0. The third kappa shape index (κ3) is 10.3. The molecular formula is C15H21F3N2O3. The Kier molecular flexibility index (Phi) is 9.64. The van der Waals surface area contributed by atoms with Crippen LogP contribution in [0.5, 0.6) is 0 Å². The summed E-state index contributed by atoms with van der Waals surface area (Å²) in [6, 6.07) is 9.47. The number of carbonyl (C=O) groups is 2. The molecule has 1 aromatic rings. The van der Waals surface area contributed by atoms with Crippen molar-refractivity contribution in [3.05, 3.63) is 35.9 Å². The fraction of sp³-hybridized carbons (Fsp3) is 0.467. The van der Waals surface area contributed by atoms with Crippen molar-refractivity contribution in [2.75, 3.05) is 0 Å². The fourth-order valence-corrected chi connectivity index (χ4v) is 1.47. The van der Waals surface area contributed by atoms with E-state index in [2.05, 4.69) is 12.2 Å². The van der Waals surface area contributed by atoms with Crippen LogP contribution in [0.4, 0.5) is 13.2 Å². The number of amides is 1. The van der Waals surface area contributed by atoms with Gasteiger partial charge >= 0.3 is 12.1 Å². The molecule has 1 aromatic carbocycles. The van der Waals surface area contributed by atoms with Crippen molar-refractivity contribution < 1.29 is 27.9 Å². The van der Waals surface area contributed by atoms with Crippen LogP contribution >= 0.6 is 0 Å². The highest BCUT2D eigenvalue weighted by Crippen LogP contribution is 2.13. The van der Waals surface area contributed by atoms with E-state index >= 15 is 0 Å². The molecule has 0 radical (unpaired) electrons. The Bertz CT molecular complexity index is 479. The zero-order valence-corrected chi connectivity index (χ0v) is 12.8. The van der Waals surface area contributed by atoms with Gasteiger partial charge in [-0.05, 0) is 12.0 Å². The molecule has 4 N–H and O–H groups in total. The van der Waals surface area contributed by atoms with E-state index in [1.165, 1.54) is 0 Å². The number of aliphatic carboxylic acids is 1. The number of benzene rings is 1. The first-order valence-corrected chi connectivity index (χ1v) is 7.05. The Morgan fingerprint density at radius 1 is 1.26 bits per heavy atom. The molecule has 0 spiro atoms. The number of carboxylic acid groups (broad SMARTS) is 1. The summed E-state index contributed by atoms with van der Waals surface area (Å²) in [5, 5.41) is 9.97. The lowest BCUT2D eigenvalue weighted by atomic mass is 10.1. The standard InChI is InChI=1S/C13H20N2O.C2HF3O2/c1-2-3-9-12(14)13(16)15-10-11-7-5-4-6-8-11;3-2(4,5)1(6)7/h4-8,12H,2-3,9-10,14H2,1H3,(H,15,16);(H,6,7)/t12-;/m0./s1. The first-order valence-electron chi connectivity index (χ1n) is 7.05. The minimum absolute atomic E-state index is 0.0581. The topological polar surface area (TPSA) is 92.4 Å². The number of nitrogens with two attached hydrogens (primary N) is 1. The van der Waals surface area contributed by atoms with Gasteiger partial charge in [0, 0.05) is 6.54 Å². The van der Waals surface area contributed by atoms with Crippen molar-refractivity contribution in [2.45, 2.75) is 44.9 Å². The summed E-state index contributed by atoms with van der Waals surface area (Å²) < 4.78 is 31.7. The van der Waals surface area contributed by atoms with Crippen molar-refractivity contribution in [1.82, 2.24) is 5.32 Å². The molecule has 0 fully saturated rings. The number of halogens is 3. The lowest BCUT2D eigenvalue weighted by Gasteiger charge is -2.11. The molecule has 1 atom stereocenters. The van der Waals surface area contributed by atoms with Crippen molar-refractivity contribution in [3.8, 4) is 0 Å². The van der Waals surface area contributed by atoms with Crippen LogP contribution in [0.25, 0.3) is 0 Å². The number of hydrogen-bond acceptors (Lipinski definition) is 3. The molecule has 0 aromatic heterocycles. The molecule has 0 aliphatic rings. The molecule has 0 aliphatic carbocycles. The highest BCUT2D eigenvalue weighted by Gasteiger charge is 2.38. The lowest BCUT2D eigenvalue weighted by Crippen LogP contribution is -2.40. The molecule has 0 saturated heterocycles. The smallest absolute Gasteiger partial charge is 0.475 e. The molecule has 23 heavy (non-hydrogen) atoms. The van der Waals surface area contributed by atoms with Gasteiger partial charge in [-0.25, -0.2) is 4.79 Å². The van der Waals surface area contributed by atoms with E-state index in [-0.39, 0.29) is 11.9 Å². The highest BCUT2D eigenvalue weighted by molar-refractivity contribution is 5.81. The lowest BCUT2D eigenvalue weighted by molar-refractivity contribution is -0.192. The maximum absolute atomic E-state index is 11.6. The van der Waals surface area contributed by atoms with E-state index in [1.807, 2.05) is 30.3 Å². The van der Waals surface area contributed by atoms with Gasteiger partial charge in [-0.2, -0.15) is 13.2 Å². The Labute approximate surface area is 132 Å². The largest absolute Gasteiger partial charge is 0.490 e. The average molecular weight is 334 g/mol. The van der Waals surface area contributed by atoms with Crippen molar-refractivity contribution in [1.29, 1.82) is 0 Å². The maximum atomic E-state index is 11.6. The molecule has 0 saturated carbocycles. The molecule has 130 valence electrons. The van der Waals surface area contributed by atoms with Gasteiger partial charge in [0.2, 0.25) is 5.91 Å². The van der Waals surface area contributed by atoms with E-state index in [9.17, 15) is 18.0 Å². The first-order chi connectivity index (χ1) is 10.7. The van der Waals surface area contributed by atoms with Gasteiger partial charge < -0.3 is 16.2 Å². The second-order valence-electron chi connectivity index (χ2n) is 4.76. The van der Waals surface area contributed by atoms with Gasteiger partial charge in [0.25, 0.3) is 0 Å². The van der Waals surface area contributed by atoms with Crippen LogP contribution < -0.4 is 11.1 Å². The number of unbranched alkanes of at least 4 members (excludes halogenated alkanes) is 1. The molecule has 5 nitrogen and oxygen atoms in total. The maximum Gasteiger partial charge on any atom is 0.490 e. The minimum Gasteiger partial charge on any atom is -0.475 e. The van der Waals surface area contributed by atoms with Gasteiger partial charge in [-0.1, -0.05) is 50.1 Å². The highest BCUT2D eigenvalue weighted by atomic mass is 19.4. The number of rotatable bonds is 6. The summed E-state index contributed by atoms with van der Waals surface area (Å²) in [4.78, 5) is 20.5. The quantitative estimate of drug-likeness (QED) is 0.745. The van der Waals surface area contributed by atoms with Gasteiger partial charge in [0.05, 0.1) is 6.04 Å². The molecule has 0 unspecified atom stereocenters. The van der Waals surface area contributed by atoms with Gasteiger partial charge in [-0.3, -0.25) is 4.79 Å². The summed E-state index contributed by atoms with van der Waals surface area (Å²) in [5.74, 6) is -2.81.